The molecule has 5 unspecified atom stereocenters. The largest absolute Gasteiger partial charge is 0.393 e. The van der Waals surface area contributed by atoms with Crippen molar-refractivity contribution in [1.29, 1.82) is 0 Å². The fourth-order valence-electron chi connectivity index (χ4n) is 7.40. The molecule has 1 saturated heterocycles. The third kappa shape index (κ3) is 9.20. The molecule has 9 atom stereocenters. The summed E-state index contributed by atoms with van der Waals surface area (Å²) in [6.07, 6.45) is 28.1. The molecule has 2 N–H and O–H groups in total. The van der Waals surface area contributed by atoms with E-state index in [9.17, 15) is 10.2 Å². The maximum Gasteiger partial charge on any atom is 0.121 e. The lowest BCUT2D eigenvalue weighted by Crippen LogP contribution is -2.46. The van der Waals surface area contributed by atoms with Crippen molar-refractivity contribution in [2.24, 2.45) is 40.4 Å². The summed E-state index contributed by atoms with van der Waals surface area (Å²) in [5.74, 6) is 8.65. The molecule has 0 aromatic rings. The highest BCUT2D eigenvalue weighted by atomic mass is 16.6. The smallest absolute Gasteiger partial charge is 0.121 e. The van der Waals surface area contributed by atoms with E-state index < -0.39 is 0 Å². The van der Waals surface area contributed by atoms with Gasteiger partial charge in [0.15, 0.2) is 0 Å². The van der Waals surface area contributed by atoms with Crippen molar-refractivity contribution in [1.82, 2.24) is 0 Å². The molecule has 0 radical (unpaired) electrons. The van der Waals surface area contributed by atoms with Crippen LogP contribution in [0.25, 0.3) is 0 Å². The monoisotopic (exact) mass is 588 g/mol. The van der Waals surface area contributed by atoms with Gasteiger partial charge in [-0.3, -0.25) is 0 Å². The molecule has 43 heavy (non-hydrogen) atoms. The van der Waals surface area contributed by atoms with Crippen LogP contribution in [0.1, 0.15) is 101 Å². The van der Waals surface area contributed by atoms with E-state index in [0.717, 1.165) is 32.1 Å². The molecule has 3 rings (SSSR count). The first-order valence-corrected chi connectivity index (χ1v) is 16.6. The highest BCUT2D eigenvalue weighted by molar-refractivity contribution is 5.32. The van der Waals surface area contributed by atoms with Gasteiger partial charge in [0, 0.05) is 23.7 Å². The van der Waals surface area contributed by atoms with Gasteiger partial charge in [0.25, 0.3) is 0 Å². The minimum atomic E-state index is -0.349. The molecule has 0 amide bonds. The van der Waals surface area contributed by atoms with Crippen LogP contribution in [0.3, 0.4) is 0 Å². The predicted molar refractivity (Wildman–Crippen MR) is 182 cm³/mol. The van der Waals surface area contributed by atoms with Crippen LogP contribution in [0.5, 0.6) is 0 Å². The van der Waals surface area contributed by atoms with Gasteiger partial charge in [-0.1, -0.05) is 133 Å². The van der Waals surface area contributed by atoms with Gasteiger partial charge in [-0.25, -0.2) is 0 Å². The molecule has 0 spiro atoms. The number of aliphatic hydroxyl groups is 2. The number of hydrogen-bond donors (Lipinski definition) is 2. The van der Waals surface area contributed by atoms with Gasteiger partial charge < -0.3 is 14.9 Å². The van der Waals surface area contributed by atoms with Crippen LogP contribution in [-0.2, 0) is 4.74 Å². The van der Waals surface area contributed by atoms with Gasteiger partial charge in [0.05, 0.1) is 12.2 Å². The summed E-state index contributed by atoms with van der Waals surface area (Å²) in [6.45, 7) is 22.0. The Kier molecular flexibility index (Phi) is 11.8. The van der Waals surface area contributed by atoms with Crippen molar-refractivity contribution in [3.8, 4) is 11.8 Å². The van der Waals surface area contributed by atoms with Crippen molar-refractivity contribution in [3.63, 3.8) is 0 Å². The molecule has 238 valence electrons. The van der Waals surface area contributed by atoms with E-state index in [1.165, 1.54) is 5.57 Å². The fourth-order valence-corrected chi connectivity index (χ4v) is 7.40. The molecule has 3 nitrogen and oxygen atoms in total. The molecular weight excluding hydrogens is 528 g/mol. The second-order valence-corrected chi connectivity index (χ2v) is 15.5. The Morgan fingerprint density at radius 3 is 2.14 bits per heavy atom. The molecule has 0 aromatic carbocycles. The Bertz CT molecular complexity index is 1180. The van der Waals surface area contributed by atoms with Gasteiger partial charge in [-0.15, -0.1) is 0 Å². The van der Waals surface area contributed by atoms with E-state index in [2.05, 4.69) is 142 Å². The van der Waals surface area contributed by atoms with Crippen LogP contribution < -0.4 is 0 Å². The SMILES string of the molecule is CC1=C[C@@H](O)CC(C)(C)C1C#CC(C)/C=C/CC(C)/C=C/C=C/C(C)/C=C/CC(C)/C=C/[C@@]12O[C@]1(C)C[C@@H](O)CC2(C)C. The van der Waals surface area contributed by atoms with E-state index in [1.54, 1.807) is 0 Å². The Morgan fingerprint density at radius 2 is 1.49 bits per heavy atom. The summed E-state index contributed by atoms with van der Waals surface area (Å²) in [4.78, 5) is 0. The van der Waals surface area contributed by atoms with Gasteiger partial charge in [-0.2, -0.15) is 0 Å². The third-order valence-corrected chi connectivity index (χ3v) is 9.89. The highest BCUT2D eigenvalue weighted by Gasteiger charge is 2.74. The maximum absolute atomic E-state index is 10.3. The van der Waals surface area contributed by atoms with Crippen molar-refractivity contribution in [2.45, 2.75) is 125 Å². The number of allylic oxidation sites excluding steroid dienone is 10. The van der Waals surface area contributed by atoms with Crippen molar-refractivity contribution >= 4 is 0 Å². The molecule has 1 heterocycles. The molecule has 2 fully saturated rings. The number of fused-ring (bicyclic) bond motifs is 1. The summed E-state index contributed by atoms with van der Waals surface area (Å²) < 4.78 is 6.28. The number of rotatable bonds is 11. The van der Waals surface area contributed by atoms with Crippen LogP contribution in [-0.4, -0.2) is 33.6 Å². The summed E-state index contributed by atoms with van der Waals surface area (Å²) in [6, 6.07) is 0. The molecule has 1 saturated carbocycles. The van der Waals surface area contributed by atoms with E-state index in [-0.39, 0.29) is 46.1 Å². The number of ether oxygens (including phenoxy) is 1. The highest BCUT2D eigenvalue weighted by Crippen LogP contribution is 2.66. The maximum atomic E-state index is 10.3. The first kappa shape index (κ1) is 35.4. The minimum Gasteiger partial charge on any atom is -0.393 e. The van der Waals surface area contributed by atoms with Gasteiger partial charge in [0.2, 0.25) is 0 Å². The zero-order chi connectivity index (χ0) is 32.1. The van der Waals surface area contributed by atoms with Crippen molar-refractivity contribution in [3.05, 3.63) is 72.4 Å². The van der Waals surface area contributed by atoms with Crippen LogP contribution in [0.2, 0.25) is 0 Å². The van der Waals surface area contributed by atoms with Crippen LogP contribution in [0.15, 0.2) is 72.4 Å². The van der Waals surface area contributed by atoms with Gasteiger partial charge in [0.1, 0.15) is 11.2 Å². The molecular formula is C40H60O3. The Morgan fingerprint density at radius 1 is 0.860 bits per heavy atom. The first-order valence-electron chi connectivity index (χ1n) is 16.6. The van der Waals surface area contributed by atoms with E-state index in [1.807, 2.05) is 6.08 Å². The van der Waals surface area contributed by atoms with E-state index >= 15 is 0 Å². The Hall–Kier alpha value is -2.12. The van der Waals surface area contributed by atoms with E-state index in [4.69, 9.17) is 4.74 Å². The van der Waals surface area contributed by atoms with Crippen LogP contribution >= 0.6 is 0 Å². The lowest BCUT2D eigenvalue weighted by Gasteiger charge is -2.39. The third-order valence-electron chi connectivity index (χ3n) is 9.89. The summed E-state index contributed by atoms with van der Waals surface area (Å²) in [5, 5.41) is 20.3. The van der Waals surface area contributed by atoms with Crippen molar-refractivity contribution in [2.75, 3.05) is 0 Å². The molecule has 0 bridgehead atoms. The minimum absolute atomic E-state index is 0.00238. The van der Waals surface area contributed by atoms with Gasteiger partial charge in [-0.05, 0) is 69.6 Å². The normalized spacial score (nSPS) is 34.7. The standard InChI is InChI=1S/C40H60O3/c1-29(17-13-19-31(3)21-22-36-33(5)25-34(41)26-37(36,6)7)15-11-12-16-30(2)18-14-20-32(4)23-24-40-38(8,9)27-35(42)28-39(40,10)43-40/h11-16,18-19,23-25,29-32,34-36,41-42H,17,20,26-28H2,1-10H3/b15-11+,16-12+,18-14+,19-13+,24-23+/t29?,30?,31?,32?,34-,35+,36?,39-,40+/m1/s1. The average molecular weight is 589 g/mol. The van der Waals surface area contributed by atoms with E-state index in [0.29, 0.717) is 17.8 Å². The molecule has 0 aromatic heterocycles. The lowest BCUT2D eigenvalue weighted by molar-refractivity contribution is 0.0513. The second-order valence-electron chi connectivity index (χ2n) is 15.5. The molecule has 3 aliphatic rings. The second kappa shape index (κ2) is 14.3. The quantitative estimate of drug-likeness (QED) is 0.109. The summed E-state index contributed by atoms with van der Waals surface area (Å²) in [7, 11) is 0. The molecule has 2 aliphatic carbocycles. The van der Waals surface area contributed by atoms with Crippen molar-refractivity contribution < 1.29 is 14.9 Å². The Labute approximate surface area is 264 Å². The predicted octanol–water partition coefficient (Wildman–Crippen LogP) is 9.16. The first-order chi connectivity index (χ1) is 20.0. The molecule has 1 aliphatic heterocycles. The summed E-state index contributed by atoms with van der Waals surface area (Å²) in [5.41, 5.74) is 0.651. The zero-order valence-corrected chi connectivity index (χ0v) is 28.7. The van der Waals surface area contributed by atoms with Gasteiger partial charge >= 0.3 is 0 Å². The van der Waals surface area contributed by atoms with Crippen LogP contribution in [0.4, 0.5) is 0 Å². The molecule has 3 heteroatoms. The number of hydrogen-bond acceptors (Lipinski definition) is 3. The topological polar surface area (TPSA) is 53.0 Å². The Balaban J connectivity index is 1.38. The summed E-state index contributed by atoms with van der Waals surface area (Å²) >= 11 is 0. The average Bonchev–Trinajstić information content (AvgIpc) is 3.49. The lowest BCUT2D eigenvalue weighted by atomic mass is 9.63. The number of aliphatic hydroxyl groups excluding tert-OH is 2. The van der Waals surface area contributed by atoms with Crippen LogP contribution in [0, 0.1) is 52.3 Å². The number of epoxide rings is 1. The fraction of sp³-hybridized carbons (Fsp3) is 0.650. The zero-order valence-electron chi connectivity index (χ0n) is 28.7.